The lowest BCUT2D eigenvalue weighted by atomic mass is 10.2. The summed E-state index contributed by atoms with van der Waals surface area (Å²) in [7, 11) is 0.179. The van der Waals surface area contributed by atoms with E-state index in [4.69, 9.17) is 9.72 Å². The van der Waals surface area contributed by atoms with Crippen LogP contribution < -0.4 is 15.0 Å². The summed E-state index contributed by atoms with van der Waals surface area (Å²) in [6, 6.07) is 17.0. The number of imidazole rings is 1. The highest BCUT2D eigenvalue weighted by Crippen LogP contribution is 2.39. The Morgan fingerprint density at radius 1 is 1.11 bits per heavy atom. The van der Waals surface area contributed by atoms with Crippen LogP contribution in [0.3, 0.4) is 0 Å². The second-order valence-corrected chi connectivity index (χ2v) is 11.4. The molecule has 3 aromatic carbocycles. The predicted octanol–water partition coefficient (Wildman–Crippen LogP) is 6.35. The van der Waals surface area contributed by atoms with Crippen LogP contribution >= 0.6 is 15.9 Å². The van der Waals surface area contributed by atoms with E-state index in [-0.39, 0.29) is 0 Å². The van der Waals surface area contributed by atoms with Gasteiger partial charge in [0.25, 0.3) is 0 Å². The third-order valence-corrected chi connectivity index (χ3v) is 7.49. The highest BCUT2D eigenvalue weighted by molar-refractivity contribution is 9.10. The number of rotatable bonds is 8. The van der Waals surface area contributed by atoms with E-state index in [1.807, 2.05) is 61.0 Å². The molecule has 4 aromatic rings. The third kappa shape index (κ3) is 4.88. The van der Waals surface area contributed by atoms with Gasteiger partial charge in [-0.3, -0.25) is 0 Å². The monoisotopic (exact) mass is 556 g/mol. The molecule has 0 unspecified atom stereocenters. The summed E-state index contributed by atoms with van der Waals surface area (Å²) in [6.45, 7) is 4.74. The summed E-state index contributed by atoms with van der Waals surface area (Å²) < 4.78 is 33.7. The minimum absolute atomic E-state index is 0.307. The summed E-state index contributed by atoms with van der Waals surface area (Å²) >= 11 is 3.52. The summed E-state index contributed by atoms with van der Waals surface area (Å²) in [6.07, 6.45) is 2.09. The van der Waals surface area contributed by atoms with Crippen molar-refractivity contribution in [3.8, 4) is 5.75 Å². The normalized spacial score (nSPS) is 11.6. The predicted molar refractivity (Wildman–Crippen MR) is 146 cm³/mol. The molecule has 0 aliphatic rings. The average molecular weight is 558 g/mol. The number of nitrogens with zero attached hydrogens (tertiary/aromatic N) is 3. The van der Waals surface area contributed by atoms with E-state index >= 15 is 0 Å². The molecule has 0 saturated heterocycles. The number of aromatic nitrogens is 2. The second kappa shape index (κ2) is 9.91. The first kappa shape index (κ1) is 25.1. The highest BCUT2D eigenvalue weighted by Gasteiger charge is 2.23. The minimum Gasteiger partial charge on any atom is -0.495 e. The largest absolute Gasteiger partial charge is 0.495 e. The maximum atomic E-state index is 12.6. The Labute approximate surface area is 214 Å². The number of fused-ring (bicyclic) bond motifs is 1. The molecule has 0 radical (unpaired) electrons. The molecule has 0 amide bonds. The number of methoxy groups -OCH3 is 1. The molecule has 1 N–H and O–H groups in total. The van der Waals surface area contributed by atoms with Crippen LogP contribution in [0.4, 0.5) is 23.0 Å². The quantitative estimate of drug-likeness (QED) is 0.272. The van der Waals surface area contributed by atoms with Crippen molar-refractivity contribution in [2.24, 2.45) is 7.05 Å². The van der Waals surface area contributed by atoms with Gasteiger partial charge in [-0.1, -0.05) is 41.1 Å². The zero-order valence-corrected chi connectivity index (χ0v) is 22.9. The smallest absolute Gasteiger partial charge is 0.208 e. The van der Waals surface area contributed by atoms with Gasteiger partial charge in [0.1, 0.15) is 5.75 Å². The fourth-order valence-corrected chi connectivity index (χ4v) is 5.75. The van der Waals surface area contributed by atoms with E-state index in [1.54, 1.807) is 19.2 Å². The maximum Gasteiger partial charge on any atom is 0.208 e. The molecular weight excluding hydrogens is 528 g/mol. The molecule has 0 bridgehead atoms. The standard InChI is InChI=1S/C26H29BrN4O3S/c1-6-14-31(20-11-7-8-13-23(20)35(5,32)33)21-12-9-10-19-25(21)30(3)26(28-19)29-24-17(2)15-18(27)16-22(24)34-4/h7-13,15-16H,6,14H2,1-5H3,(H,28,29). The molecule has 184 valence electrons. The first-order valence-corrected chi connectivity index (χ1v) is 14.0. The van der Waals surface area contributed by atoms with Crippen molar-refractivity contribution >= 4 is 59.8 Å². The van der Waals surface area contributed by atoms with Crippen LogP contribution in [0.1, 0.15) is 18.9 Å². The third-order valence-electron chi connectivity index (χ3n) is 5.89. The fourth-order valence-electron chi connectivity index (χ4n) is 4.31. The zero-order chi connectivity index (χ0) is 25.3. The Balaban J connectivity index is 1.89. The van der Waals surface area contributed by atoms with Gasteiger partial charge < -0.3 is 19.5 Å². The summed E-state index contributed by atoms with van der Waals surface area (Å²) in [5.41, 5.74) is 5.11. The first-order valence-electron chi connectivity index (χ1n) is 11.3. The Hall–Kier alpha value is -3.04. The summed E-state index contributed by atoms with van der Waals surface area (Å²) in [5, 5.41) is 3.44. The van der Waals surface area contributed by atoms with Gasteiger partial charge >= 0.3 is 0 Å². The SMILES string of the molecule is CCCN(c1ccccc1S(C)(=O)=O)c1cccc2nc(Nc3c(C)cc(Br)cc3OC)n(C)c12. The van der Waals surface area contributed by atoms with Crippen molar-refractivity contribution < 1.29 is 13.2 Å². The number of nitrogens with one attached hydrogen (secondary N) is 1. The summed E-state index contributed by atoms with van der Waals surface area (Å²) in [5.74, 6) is 1.36. The molecule has 0 aliphatic heterocycles. The lowest BCUT2D eigenvalue weighted by molar-refractivity contribution is 0.416. The molecule has 1 heterocycles. The van der Waals surface area contributed by atoms with Gasteiger partial charge in [-0.05, 0) is 55.3 Å². The van der Waals surface area contributed by atoms with Gasteiger partial charge in [0.15, 0.2) is 9.84 Å². The van der Waals surface area contributed by atoms with Crippen LogP contribution in [-0.2, 0) is 16.9 Å². The molecule has 7 nitrogen and oxygen atoms in total. The van der Waals surface area contributed by atoms with Crippen LogP contribution in [-0.4, -0.2) is 37.9 Å². The number of para-hydroxylation sites is 2. The lowest BCUT2D eigenvalue weighted by Gasteiger charge is -2.27. The average Bonchev–Trinajstić information content (AvgIpc) is 3.14. The van der Waals surface area contributed by atoms with Crippen LogP contribution in [0.2, 0.25) is 0 Å². The van der Waals surface area contributed by atoms with Crippen molar-refractivity contribution in [1.82, 2.24) is 9.55 Å². The maximum absolute atomic E-state index is 12.6. The summed E-state index contributed by atoms with van der Waals surface area (Å²) in [4.78, 5) is 7.23. The van der Waals surface area contributed by atoms with Crippen LogP contribution in [0.5, 0.6) is 5.75 Å². The van der Waals surface area contributed by atoms with Crippen molar-refractivity contribution in [2.75, 3.05) is 30.1 Å². The number of hydrogen-bond donors (Lipinski definition) is 1. The van der Waals surface area contributed by atoms with Gasteiger partial charge in [0, 0.05) is 24.3 Å². The number of halogens is 1. The number of sulfone groups is 1. The molecule has 0 saturated carbocycles. The van der Waals surface area contributed by atoms with Gasteiger partial charge in [-0.25, -0.2) is 13.4 Å². The van der Waals surface area contributed by atoms with Crippen molar-refractivity contribution in [3.05, 3.63) is 64.6 Å². The van der Waals surface area contributed by atoms with Gasteiger partial charge in [0.2, 0.25) is 5.95 Å². The molecule has 1 aromatic heterocycles. The van der Waals surface area contributed by atoms with Crippen LogP contribution in [0.15, 0.2) is 64.0 Å². The molecule has 4 rings (SSSR count). The Morgan fingerprint density at radius 3 is 2.51 bits per heavy atom. The molecule has 35 heavy (non-hydrogen) atoms. The topological polar surface area (TPSA) is 76.5 Å². The number of hydrogen-bond acceptors (Lipinski definition) is 6. The van der Waals surface area contributed by atoms with E-state index in [1.165, 1.54) is 6.26 Å². The highest BCUT2D eigenvalue weighted by atomic mass is 79.9. The van der Waals surface area contributed by atoms with E-state index in [9.17, 15) is 8.42 Å². The zero-order valence-electron chi connectivity index (χ0n) is 20.5. The van der Waals surface area contributed by atoms with Crippen molar-refractivity contribution in [3.63, 3.8) is 0 Å². The molecule has 0 spiro atoms. The molecule has 0 atom stereocenters. The lowest BCUT2D eigenvalue weighted by Crippen LogP contribution is -2.21. The van der Waals surface area contributed by atoms with E-state index in [0.29, 0.717) is 28.8 Å². The Kier molecular flexibility index (Phi) is 7.10. The fraction of sp³-hybridized carbons (Fsp3) is 0.269. The van der Waals surface area contributed by atoms with Crippen molar-refractivity contribution in [2.45, 2.75) is 25.2 Å². The van der Waals surface area contributed by atoms with Crippen LogP contribution in [0.25, 0.3) is 11.0 Å². The minimum atomic E-state index is -3.41. The van der Waals surface area contributed by atoms with E-state index < -0.39 is 9.84 Å². The molecule has 0 fully saturated rings. The Bertz CT molecular complexity index is 1500. The number of benzene rings is 3. The van der Waals surface area contributed by atoms with Gasteiger partial charge in [-0.2, -0.15) is 0 Å². The van der Waals surface area contributed by atoms with Crippen molar-refractivity contribution in [1.29, 1.82) is 0 Å². The number of aryl methyl sites for hydroxylation is 2. The van der Waals surface area contributed by atoms with E-state index in [0.717, 1.165) is 38.9 Å². The molecule has 9 heteroatoms. The molecular formula is C26H29BrN4O3S. The van der Waals surface area contributed by atoms with Gasteiger partial charge in [-0.15, -0.1) is 0 Å². The van der Waals surface area contributed by atoms with E-state index in [2.05, 4.69) is 33.1 Å². The second-order valence-electron chi connectivity index (χ2n) is 8.46. The number of ether oxygens (including phenoxy) is 1. The van der Waals surface area contributed by atoms with Crippen LogP contribution in [0, 0.1) is 6.92 Å². The first-order chi connectivity index (χ1) is 16.7. The molecule has 0 aliphatic carbocycles. The Morgan fingerprint density at radius 2 is 1.83 bits per heavy atom. The number of anilines is 4. The van der Waals surface area contributed by atoms with Gasteiger partial charge in [0.05, 0.1) is 40.1 Å².